The maximum atomic E-state index is 12.3. The largest absolute Gasteiger partial charge is 0.486 e. The summed E-state index contributed by atoms with van der Waals surface area (Å²) in [4.78, 5) is 16.8. The molecule has 31 heavy (non-hydrogen) atoms. The molecule has 4 rings (SSSR count). The van der Waals surface area contributed by atoms with E-state index in [0.29, 0.717) is 21.5 Å². The van der Waals surface area contributed by atoms with E-state index in [9.17, 15) is 13.2 Å². The van der Waals surface area contributed by atoms with E-state index in [0.717, 1.165) is 12.8 Å². The Morgan fingerprint density at radius 2 is 1.84 bits per heavy atom. The number of nitrogens with one attached hydrogen (secondary N) is 3. The lowest BCUT2D eigenvalue weighted by atomic mass is 10.3. The number of hydrogen-bond donors (Lipinski definition) is 3. The Bertz CT molecular complexity index is 1160. The van der Waals surface area contributed by atoms with Crippen molar-refractivity contribution in [2.75, 3.05) is 5.43 Å². The van der Waals surface area contributed by atoms with Crippen molar-refractivity contribution >= 4 is 44.6 Å². The second-order valence-electron chi connectivity index (χ2n) is 6.87. The zero-order valence-corrected chi connectivity index (χ0v) is 18.6. The molecule has 1 fully saturated rings. The van der Waals surface area contributed by atoms with Crippen LogP contribution in [-0.2, 0) is 16.6 Å². The topological polar surface area (TPSA) is 109 Å². The molecule has 0 unspecified atom stereocenters. The number of rotatable bonds is 9. The highest BCUT2D eigenvalue weighted by atomic mass is 35.5. The quantitative estimate of drug-likeness (QED) is 0.405. The van der Waals surface area contributed by atoms with Gasteiger partial charge in [-0.3, -0.25) is 15.6 Å². The molecule has 0 spiro atoms. The predicted molar refractivity (Wildman–Crippen MR) is 119 cm³/mol. The van der Waals surface area contributed by atoms with Gasteiger partial charge in [0.15, 0.2) is 0 Å². The van der Waals surface area contributed by atoms with Crippen LogP contribution < -0.4 is 20.3 Å². The van der Waals surface area contributed by atoms with E-state index in [4.69, 9.17) is 16.3 Å². The van der Waals surface area contributed by atoms with Crippen molar-refractivity contribution in [3.63, 3.8) is 0 Å². The normalized spacial score (nSPS) is 13.6. The molecule has 8 nitrogen and oxygen atoms in total. The van der Waals surface area contributed by atoms with Gasteiger partial charge >= 0.3 is 0 Å². The Kier molecular flexibility index (Phi) is 6.42. The summed E-state index contributed by atoms with van der Waals surface area (Å²) in [7, 11) is -3.51. The second-order valence-corrected chi connectivity index (χ2v) is 9.96. The lowest BCUT2D eigenvalue weighted by molar-refractivity contribution is 0.0958. The number of carbonyl (C=O) groups excluding carboxylic acids is 1. The third-order valence-electron chi connectivity index (χ3n) is 4.34. The fourth-order valence-electron chi connectivity index (χ4n) is 2.56. The Morgan fingerprint density at radius 3 is 2.52 bits per heavy atom. The van der Waals surface area contributed by atoms with E-state index in [1.807, 2.05) is 0 Å². The van der Waals surface area contributed by atoms with Crippen LogP contribution in [0.1, 0.15) is 28.3 Å². The molecule has 1 aliphatic rings. The number of ether oxygens (including phenoxy) is 1. The highest BCUT2D eigenvalue weighted by Gasteiger charge is 2.27. The van der Waals surface area contributed by atoms with Crippen LogP contribution in [0, 0.1) is 0 Å². The third-order valence-corrected chi connectivity index (χ3v) is 6.96. The molecule has 3 N–H and O–H groups in total. The first-order valence-corrected chi connectivity index (χ1v) is 12.1. The van der Waals surface area contributed by atoms with Gasteiger partial charge in [-0.05, 0) is 61.4 Å². The first-order valence-electron chi connectivity index (χ1n) is 9.40. The molecule has 1 saturated carbocycles. The molecule has 0 radical (unpaired) electrons. The molecule has 1 amide bonds. The summed E-state index contributed by atoms with van der Waals surface area (Å²) in [5.74, 6) is 0.242. The van der Waals surface area contributed by atoms with E-state index in [2.05, 4.69) is 20.6 Å². The Hall–Kier alpha value is -2.66. The number of nitrogens with zero attached hydrogens (tertiary/aromatic N) is 1. The van der Waals surface area contributed by atoms with Gasteiger partial charge in [0, 0.05) is 16.4 Å². The minimum absolute atomic E-state index is 0.0432. The average molecular weight is 479 g/mol. The minimum atomic E-state index is -3.51. The van der Waals surface area contributed by atoms with Crippen molar-refractivity contribution < 1.29 is 17.9 Å². The van der Waals surface area contributed by atoms with E-state index >= 15 is 0 Å². The number of halogens is 1. The zero-order chi connectivity index (χ0) is 21.8. The zero-order valence-electron chi connectivity index (χ0n) is 16.2. The summed E-state index contributed by atoms with van der Waals surface area (Å²) in [6.07, 6.45) is 1.74. The fraction of sp³-hybridized carbons (Fsp3) is 0.200. The van der Waals surface area contributed by atoms with Crippen molar-refractivity contribution in [1.29, 1.82) is 0 Å². The summed E-state index contributed by atoms with van der Waals surface area (Å²) in [5, 5.41) is 2.91. The summed E-state index contributed by atoms with van der Waals surface area (Å²) < 4.78 is 32.6. The van der Waals surface area contributed by atoms with Gasteiger partial charge in [0.1, 0.15) is 23.1 Å². The monoisotopic (exact) mass is 478 g/mol. The van der Waals surface area contributed by atoms with Crippen LogP contribution in [0.15, 0.2) is 58.8 Å². The molecule has 0 atom stereocenters. The SMILES string of the molecule is O=C(NNc1ccc(S(=O)(=O)NC2CC2)cc1)c1csc(COc2ccc(Cl)cc2)n1. The standard InChI is InChI=1S/C20H19ClN4O4S2/c21-13-1-7-16(8-2-13)29-11-19-22-18(12-30-19)20(26)24-23-14-5-9-17(10-6-14)31(27,28)25-15-3-4-15/h1-2,5-10,12,15,23,25H,3-4,11H2,(H,24,26). The number of carbonyl (C=O) groups is 1. The third kappa shape index (κ3) is 5.95. The smallest absolute Gasteiger partial charge is 0.289 e. The van der Waals surface area contributed by atoms with Crippen LogP contribution in [0.25, 0.3) is 0 Å². The van der Waals surface area contributed by atoms with E-state index in [1.165, 1.54) is 23.5 Å². The highest BCUT2D eigenvalue weighted by molar-refractivity contribution is 7.89. The van der Waals surface area contributed by atoms with Crippen LogP contribution in [0.5, 0.6) is 5.75 Å². The van der Waals surface area contributed by atoms with Gasteiger partial charge in [0.2, 0.25) is 10.0 Å². The van der Waals surface area contributed by atoms with Gasteiger partial charge in [0.25, 0.3) is 5.91 Å². The lowest BCUT2D eigenvalue weighted by Crippen LogP contribution is -2.29. The number of hydrazine groups is 1. The van der Waals surface area contributed by atoms with Gasteiger partial charge < -0.3 is 4.74 Å². The first kappa shape index (κ1) is 21.6. The van der Waals surface area contributed by atoms with E-state index in [-0.39, 0.29) is 23.2 Å². The van der Waals surface area contributed by atoms with Gasteiger partial charge in [-0.25, -0.2) is 18.1 Å². The molecule has 0 saturated heterocycles. The van der Waals surface area contributed by atoms with E-state index < -0.39 is 15.9 Å². The van der Waals surface area contributed by atoms with Crippen molar-refractivity contribution in [3.05, 3.63) is 69.6 Å². The molecule has 2 aromatic carbocycles. The number of thiazole rings is 1. The maximum Gasteiger partial charge on any atom is 0.289 e. The van der Waals surface area contributed by atoms with E-state index in [1.54, 1.807) is 41.8 Å². The molecule has 11 heteroatoms. The van der Waals surface area contributed by atoms with Crippen LogP contribution in [-0.4, -0.2) is 25.4 Å². The van der Waals surface area contributed by atoms with Gasteiger partial charge in [-0.2, -0.15) is 0 Å². The van der Waals surface area contributed by atoms with Crippen LogP contribution >= 0.6 is 22.9 Å². The Balaban J connectivity index is 1.28. The molecule has 1 aromatic heterocycles. The predicted octanol–water partition coefficient (Wildman–Crippen LogP) is 3.57. The fourth-order valence-corrected chi connectivity index (χ4v) is 4.67. The van der Waals surface area contributed by atoms with Crippen molar-refractivity contribution in [2.45, 2.75) is 30.4 Å². The summed E-state index contributed by atoms with van der Waals surface area (Å²) >= 11 is 7.16. The molecule has 162 valence electrons. The maximum absolute atomic E-state index is 12.3. The number of aromatic nitrogens is 1. The highest BCUT2D eigenvalue weighted by Crippen LogP contribution is 2.23. The average Bonchev–Trinajstić information content (AvgIpc) is 3.43. The molecule has 0 aliphatic heterocycles. The Labute approximate surface area is 188 Å². The molecule has 3 aromatic rings. The number of benzene rings is 2. The Morgan fingerprint density at radius 1 is 1.13 bits per heavy atom. The number of sulfonamides is 1. The molecule has 0 bridgehead atoms. The number of anilines is 1. The first-order chi connectivity index (χ1) is 14.9. The lowest BCUT2D eigenvalue weighted by Gasteiger charge is -2.09. The number of hydrogen-bond acceptors (Lipinski definition) is 7. The van der Waals surface area contributed by atoms with Crippen molar-refractivity contribution in [3.8, 4) is 5.75 Å². The van der Waals surface area contributed by atoms with Gasteiger partial charge in [-0.1, -0.05) is 11.6 Å². The van der Waals surface area contributed by atoms with Crippen molar-refractivity contribution in [2.24, 2.45) is 0 Å². The summed E-state index contributed by atoms with van der Waals surface area (Å²) in [5.41, 5.74) is 6.09. The van der Waals surface area contributed by atoms with Crippen molar-refractivity contribution in [1.82, 2.24) is 15.1 Å². The van der Waals surface area contributed by atoms with Gasteiger partial charge in [-0.15, -0.1) is 11.3 Å². The molecular formula is C20H19ClN4O4S2. The van der Waals surface area contributed by atoms with Crippen LogP contribution in [0.3, 0.4) is 0 Å². The van der Waals surface area contributed by atoms with Crippen LogP contribution in [0.2, 0.25) is 5.02 Å². The summed E-state index contributed by atoms with van der Waals surface area (Å²) in [6, 6.07) is 13.1. The second kappa shape index (κ2) is 9.23. The number of amides is 1. The molecule has 1 aliphatic carbocycles. The summed E-state index contributed by atoms with van der Waals surface area (Å²) in [6.45, 7) is 0.234. The minimum Gasteiger partial charge on any atom is -0.486 e. The molecular weight excluding hydrogens is 460 g/mol. The van der Waals surface area contributed by atoms with Gasteiger partial charge in [0.05, 0.1) is 10.6 Å². The van der Waals surface area contributed by atoms with Crippen LogP contribution in [0.4, 0.5) is 5.69 Å². The molecule has 1 heterocycles.